The smallest absolute Gasteiger partial charge is 0.251 e. The highest BCUT2D eigenvalue weighted by Crippen LogP contribution is 2.32. The highest BCUT2D eigenvalue weighted by atomic mass is 35.5. The maximum Gasteiger partial charge on any atom is 0.251 e. The van der Waals surface area contributed by atoms with Crippen molar-refractivity contribution in [3.05, 3.63) is 113 Å². The van der Waals surface area contributed by atoms with Gasteiger partial charge in [0.25, 0.3) is 5.91 Å². The summed E-state index contributed by atoms with van der Waals surface area (Å²) in [5.74, 6) is 0.751. The van der Waals surface area contributed by atoms with Gasteiger partial charge in [0.2, 0.25) is 0 Å². The van der Waals surface area contributed by atoms with Gasteiger partial charge >= 0.3 is 0 Å². The first-order chi connectivity index (χ1) is 19.0. The number of nitrogens with zero attached hydrogens (tertiary/aromatic N) is 2. The van der Waals surface area contributed by atoms with Gasteiger partial charge in [-0.1, -0.05) is 41.9 Å². The second-order valence-corrected chi connectivity index (χ2v) is 9.88. The summed E-state index contributed by atoms with van der Waals surface area (Å²) in [6.45, 7) is 0.201. The van der Waals surface area contributed by atoms with E-state index in [1.165, 1.54) is 18.5 Å². The second kappa shape index (κ2) is 10.7. The Kier molecular flexibility index (Phi) is 6.82. The number of carbonyl (C=O) groups is 1. The zero-order valence-corrected chi connectivity index (χ0v) is 21.6. The second-order valence-electron chi connectivity index (χ2n) is 9.47. The van der Waals surface area contributed by atoms with Crippen LogP contribution in [0.2, 0.25) is 5.02 Å². The molecule has 4 aromatic carbocycles. The van der Waals surface area contributed by atoms with Crippen LogP contribution >= 0.6 is 11.6 Å². The number of rotatable bonds is 8. The predicted molar refractivity (Wildman–Crippen MR) is 151 cm³/mol. The summed E-state index contributed by atoms with van der Waals surface area (Å²) in [6.07, 6.45) is 3.59. The summed E-state index contributed by atoms with van der Waals surface area (Å²) in [6, 6.07) is 25.4. The SMILES string of the molecule is O=C(NC1CC1)c1cccc(-c2ccc3ncnc(Nc4ccc(OCc5cccc(F)c5)c(Cl)c4)c3c2)c1. The minimum Gasteiger partial charge on any atom is -0.487 e. The summed E-state index contributed by atoms with van der Waals surface area (Å²) >= 11 is 6.49. The number of fused-ring (bicyclic) bond motifs is 1. The largest absolute Gasteiger partial charge is 0.487 e. The number of halogens is 2. The topological polar surface area (TPSA) is 76.1 Å². The van der Waals surface area contributed by atoms with Crippen LogP contribution in [-0.4, -0.2) is 21.9 Å². The van der Waals surface area contributed by atoms with Crippen LogP contribution in [0.3, 0.4) is 0 Å². The van der Waals surface area contributed by atoms with E-state index < -0.39 is 0 Å². The van der Waals surface area contributed by atoms with Gasteiger partial charge in [0, 0.05) is 22.7 Å². The molecule has 5 aromatic rings. The van der Waals surface area contributed by atoms with Crippen molar-refractivity contribution in [2.75, 3.05) is 5.32 Å². The molecule has 1 aromatic heterocycles. The molecule has 6 nitrogen and oxygen atoms in total. The Morgan fingerprint density at radius 2 is 1.79 bits per heavy atom. The Bertz CT molecular complexity index is 1690. The summed E-state index contributed by atoms with van der Waals surface area (Å²) < 4.78 is 19.2. The normalized spacial score (nSPS) is 12.8. The van der Waals surface area contributed by atoms with Gasteiger partial charge in [-0.25, -0.2) is 14.4 Å². The van der Waals surface area contributed by atoms with Crippen LogP contribution in [-0.2, 0) is 6.61 Å². The fourth-order valence-corrected chi connectivity index (χ4v) is 4.53. The Hall–Kier alpha value is -4.49. The van der Waals surface area contributed by atoms with Gasteiger partial charge in [0.1, 0.15) is 30.3 Å². The number of benzene rings is 4. The molecule has 0 atom stereocenters. The standard InChI is InChI=1S/C31H24ClFN4O2/c32-27-16-25(10-12-29(27)39-17-19-3-1-6-23(33)13-19)36-30-26-15-21(7-11-28(26)34-18-35-30)20-4-2-5-22(14-20)31(38)37-24-8-9-24/h1-7,10-16,18,24H,8-9,17H2,(H,37,38)(H,34,35,36). The van der Waals surface area contributed by atoms with Crippen LogP contribution < -0.4 is 15.4 Å². The lowest BCUT2D eigenvalue weighted by molar-refractivity contribution is 0.0951. The molecule has 2 N–H and O–H groups in total. The molecule has 1 fully saturated rings. The van der Waals surface area contributed by atoms with Gasteiger partial charge in [-0.05, 0) is 84.1 Å². The number of nitrogens with one attached hydrogen (secondary N) is 2. The van der Waals surface area contributed by atoms with Gasteiger partial charge in [0.15, 0.2) is 0 Å². The maximum atomic E-state index is 13.4. The van der Waals surface area contributed by atoms with E-state index in [4.69, 9.17) is 16.3 Å². The first-order valence-corrected chi connectivity index (χ1v) is 13.0. The number of hydrogen-bond donors (Lipinski definition) is 2. The van der Waals surface area contributed by atoms with Gasteiger partial charge in [-0.15, -0.1) is 0 Å². The first kappa shape index (κ1) is 24.8. The van der Waals surface area contributed by atoms with Crippen molar-refractivity contribution < 1.29 is 13.9 Å². The van der Waals surface area contributed by atoms with Crippen molar-refractivity contribution in [1.29, 1.82) is 0 Å². The molecule has 1 heterocycles. The third kappa shape index (κ3) is 5.84. The highest BCUT2D eigenvalue weighted by molar-refractivity contribution is 6.32. The molecule has 1 amide bonds. The minimum absolute atomic E-state index is 0.0499. The van der Waals surface area contributed by atoms with Gasteiger partial charge < -0.3 is 15.4 Å². The molecular formula is C31H24ClFN4O2. The van der Waals surface area contributed by atoms with Crippen molar-refractivity contribution in [3.63, 3.8) is 0 Å². The number of anilines is 2. The van der Waals surface area contributed by atoms with Crippen LogP contribution in [0.25, 0.3) is 22.0 Å². The molecule has 1 aliphatic carbocycles. The maximum absolute atomic E-state index is 13.4. The average molecular weight is 539 g/mol. The lowest BCUT2D eigenvalue weighted by Crippen LogP contribution is -2.25. The molecule has 39 heavy (non-hydrogen) atoms. The van der Waals surface area contributed by atoms with Crippen molar-refractivity contribution >= 4 is 39.9 Å². The minimum atomic E-state index is -0.311. The van der Waals surface area contributed by atoms with Crippen LogP contribution in [0.5, 0.6) is 5.75 Å². The summed E-state index contributed by atoms with van der Waals surface area (Å²) in [5.41, 5.74) is 4.72. The zero-order chi connectivity index (χ0) is 26.8. The lowest BCUT2D eigenvalue weighted by Gasteiger charge is -2.13. The molecule has 6 rings (SSSR count). The molecule has 0 bridgehead atoms. The van der Waals surface area contributed by atoms with Crippen LogP contribution in [0.4, 0.5) is 15.9 Å². The van der Waals surface area contributed by atoms with Crippen LogP contribution in [0.1, 0.15) is 28.8 Å². The van der Waals surface area contributed by atoms with Crippen LogP contribution in [0.15, 0.2) is 91.3 Å². The zero-order valence-electron chi connectivity index (χ0n) is 20.8. The lowest BCUT2D eigenvalue weighted by atomic mass is 10.0. The number of carbonyl (C=O) groups excluding carboxylic acids is 1. The molecular weight excluding hydrogens is 515 g/mol. The molecule has 1 saturated carbocycles. The highest BCUT2D eigenvalue weighted by Gasteiger charge is 2.23. The summed E-state index contributed by atoms with van der Waals surface area (Å²) in [7, 11) is 0. The van der Waals surface area contributed by atoms with Crippen molar-refractivity contribution in [1.82, 2.24) is 15.3 Å². The number of amides is 1. The molecule has 0 aliphatic heterocycles. The fourth-order valence-electron chi connectivity index (χ4n) is 4.29. The molecule has 194 valence electrons. The quantitative estimate of drug-likeness (QED) is 0.217. The van der Waals surface area contributed by atoms with Gasteiger partial charge in [0.05, 0.1) is 10.5 Å². The molecule has 0 radical (unpaired) electrons. The summed E-state index contributed by atoms with van der Waals surface area (Å²) in [4.78, 5) is 21.4. The predicted octanol–water partition coefficient (Wildman–Crippen LogP) is 7.30. The fraction of sp³-hybridized carbons (Fsp3) is 0.129. The van der Waals surface area contributed by atoms with E-state index in [0.29, 0.717) is 33.8 Å². The summed E-state index contributed by atoms with van der Waals surface area (Å²) in [5, 5.41) is 7.60. The third-order valence-corrected chi connectivity index (χ3v) is 6.78. The number of ether oxygens (including phenoxy) is 1. The van der Waals surface area contributed by atoms with E-state index in [2.05, 4.69) is 20.6 Å². The first-order valence-electron chi connectivity index (χ1n) is 12.6. The monoisotopic (exact) mass is 538 g/mol. The van der Waals surface area contributed by atoms with Crippen LogP contribution in [0, 0.1) is 5.82 Å². The molecule has 0 spiro atoms. The molecule has 8 heteroatoms. The van der Waals surface area contributed by atoms with Gasteiger partial charge in [-0.3, -0.25) is 4.79 Å². The van der Waals surface area contributed by atoms with E-state index in [9.17, 15) is 9.18 Å². The van der Waals surface area contributed by atoms with Gasteiger partial charge in [-0.2, -0.15) is 0 Å². The van der Waals surface area contributed by atoms with Crippen molar-refractivity contribution in [2.45, 2.75) is 25.5 Å². The Morgan fingerprint density at radius 1 is 0.949 bits per heavy atom. The number of aromatic nitrogens is 2. The molecule has 1 aliphatic rings. The van der Waals surface area contributed by atoms with Crippen molar-refractivity contribution in [3.8, 4) is 16.9 Å². The Morgan fingerprint density at radius 3 is 2.62 bits per heavy atom. The van der Waals surface area contributed by atoms with E-state index in [-0.39, 0.29) is 18.3 Å². The van der Waals surface area contributed by atoms with E-state index >= 15 is 0 Å². The number of hydrogen-bond acceptors (Lipinski definition) is 5. The van der Waals surface area contributed by atoms with E-state index in [0.717, 1.165) is 40.6 Å². The Balaban J connectivity index is 1.23. The average Bonchev–Trinajstić information content (AvgIpc) is 3.77. The molecule has 0 unspecified atom stereocenters. The Labute approximate surface area is 229 Å². The van der Waals surface area contributed by atoms with E-state index in [1.807, 2.05) is 48.5 Å². The molecule has 0 saturated heterocycles. The third-order valence-electron chi connectivity index (χ3n) is 6.48. The van der Waals surface area contributed by atoms with E-state index in [1.54, 1.807) is 24.3 Å². The van der Waals surface area contributed by atoms with Crippen molar-refractivity contribution in [2.24, 2.45) is 0 Å².